The highest BCUT2D eigenvalue weighted by Gasteiger charge is 2.16. The Morgan fingerprint density at radius 1 is 0.963 bits per heavy atom. The molecule has 0 saturated carbocycles. The van der Waals surface area contributed by atoms with Crippen LogP contribution in [0.15, 0.2) is 72.8 Å². The van der Waals surface area contributed by atoms with Gasteiger partial charge in [-0.15, -0.1) is 10.2 Å². The molecule has 27 heavy (non-hydrogen) atoms. The van der Waals surface area contributed by atoms with Gasteiger partial charge in [0.1, 0.15) is 0 Å². The van der Waals surface area contributed by atoms with Crippen molar-refractivity contribution >= 4 is 11.6 Å². The van der Waals surface area contributed by atoms with Crippen LogP contribution in [0.25, 0.3) is 16.9 Å². The van der Waals surface area contributed by atoms with Gasteiger partial charge in [0, 0.05) is 5.56 Å². The van der Waals surface area contributed by atoms with E-state index in [1.54, 1.807) is 4.52 Å². The Hall–Kier alpha value is -3.54. The zero-order chi connectivity index (χ0) is 18.6. The molecule has 0 fully saturated rings. The number of nitrogens with zero attached hydrogens (tertiary/aromatic N) is 4. The number of aromatic nitrogens is 4. The van der Waals surface area contributed by atoms with Gasteiger partial charge >= 0.3 is 0 Å². The van der Waals surface area contributed by atoms with Crippen molar-refractivity contribution in [3.05, 3.63) is 84.2 Å². The summed E-state index contributed by atoms with van der Waals surface area (Å²) in [5.74, 6) is 0.298. The SMILES string of the molecule is C[C@H](C(=O)NCc1nnc2ccc(-c3ccccc3)nn12)c1ccccc1. The van der Waals surface area contributed by atoms with E-state index < -0.39 is 0 Å². The molecule has 4 rings (SSSR count). The Labute approximate surface area is 156 Å². The molecule has 2 aromatic heterocycles. The van der Waals surface area contributed by atoms with Crippen molar-refractivity contribution in [2.24, 2.45) is 0 Å². The summed E-state index contributed by atoms with van der Waals surface area (Å²) in [6.45, 7) is 2.15. The molecule has 0 saturated heterocycles. The molecule has 134 valence electrons. The maximum Gasteiger partial charge on any atom is 0.227 e. The maximum absolute atomic E-state index is 12.5. The second kappa shape index (κ2) is 7.37. The number of carbonyl (C=O) groups excluding carboxylic acids is 1. The lowest BCUT2D eigenvalue weighted by Crippen LogP contribution is -2.28. The van der Waals surface area contributed by atoms with Crippen LogP contribution in [0, 0.1) is 0 Å². The average molecular weight is 357 g/mol. The van der Waals surface area contributed by atoms with Crippen molar-refractivity contribution in [2.45, 2.75) is 19.4 Å². The minimum Gasteiger partial charge on any atom is -0.348 e. The Kier molecular flexibility index (Phi) is 4.61. The van der Waals surface area contributed by atoms with Crippen LogP contribution in [0.3, 0.4) is 0 Å². The zero-order valence-corrected chi connectivity index (χ0v) is 14.9. The first-order valence-electron chi connectivity index (χ1n) is 8.82. The van der Waals surface area contributed by atoms with Crippen molar-refractivity contribution in [3.63, 3.8) is 0 Å². The highest BCUT2D eigenvalue weighted by Crippen LogP contribution is 2.17. The Balaban J connectivity index is 1.53. The van der Waals surface area contributed by atoms with Gasteiger partial charge < -0.3 is 5.32 Å². The van der Waals surface area contributed by atoms with Gasteiger partial charge in [-0.3, -0.25) is 4.79 Å². The van der Waals surface area contributed by atoms with E-state index >= 15 is 0 Å². The summed E-state index contributed by atoms with van der Waals surface area (Å²) in [5, 5.41) is 15.9. The van der Waals surface area contributed by atoms with Crippen LogP contribution in [0.5, 0.6) is 0 Å². The molecular formula is C21H19N5O. The van der Waals surface area contributed by atoms with Crippen LogP contribution >= 0.6 is 0 Å². The first-order valence-corrected chi connectivity index (χ1v) is 8.82. The summed E-state index contributed by atoms with van der Waals surface area (Å²) in [4.78, 5) is 12.5. The smallest absolute Gasteiger partial charge is 0.227 e. The summed E-state index contributed by atoms with van der Waals surface area (Å²) < 4.78 is 1.68. The standard InChI is InChI=1S/C21H19N5O/c1-15(16-8-4-2-5-9-16)21(27)22-14-20-24-23-19-13-12-18(25-26(19)20)17-10-6-3-7-11-17/h2-13,15H,14H2,1H3,(H,22,27)/t15-/m0/s1. The van der Waals surface area contributed by atoms with E-state index in [-0.39, 0.29) is 18.4 Å². The molecule has 0 aliphatic rings. The molecule has 0 radical (unpaired) electrons. The fourth-order valence-corrected chi connectivity index (χ4v) is 2.92. The fraction of sp³-hybridized carbons (Fsp3) is 0.143. The van der Waals surface area contributed by atoms with Gasteiger partial charge in [-0.25, -0.2) is 0 Å². The van der Waals surface area contributed by atoms with Gasteiger partial charge in [-0.2, -0.15) is 9.61 Å². The molecule has 1 N–H and O–H groups in total. The Morgan fingerprint density at radius 3 is 2.41 bits per heavy atom. The number of carbonyl (C=O) groups is 1. The minimum absolute atomic E-state index is 0.0582. The summed E-state index contributed by atoms with van der Waals surface area (Å²) >= 11 is 0. The van der Waals surface area contributed by atoms with Crippen LogP contribution in [-0.2, 0) is 11.3 Å². The van der Waals surface area contributed by atoms with Crippen LogP contribution in [0.4, 0.5) is 0 Å². The predicted octanol–water partition coefficient (Wildman–Crippen LogP) is 3.21. The Bertz CT molecular complexity index is 1060. The molecule has 0 spiro atoms. The molecule has 6 heteroatoms. The van der Waals surface area contributed by atoms with E-state index in [0.717, 1.165) is 16.8 Å². The topological polar surface area (TPSA) is 72.2 Å². The van der Waals surface area contributed by atoms with Gasteiger partial charge in [0.05, 0.1) is 18.2 Å². The summed E-state index contributed by atoms with van der Waals surface area (Å²) in [6.07, 6.45) is 0. The van der Waals surface area contributed by atoms with Crippen molar-refractivity contribution < 1.29 is 4.79 Å². The lowest BCUT2D eigenvalue weighted by atomic mass is 10.0. The number of hydrogen-bond acceptors (Lipinski definition) is 4. The number of fused-ring (bicyclic) bond motifs is 1. The molecule has 0 unspecified atom stereocenters. The molecule has 0 aliphatic heterocycles. The van der Waals surface area contributed by atoms with Gasteiger partial charge in [-0.05, 0) is 24.6 Å². The lowest BCUT2D eigenvalue weighted by Gasteiger charge is -2.11. The highest BCUT2D eigenvalue weighted by molar-refractivity contribution is 5.83. The van der Waals surface area contributed by atoms with Crippen LogP contribution in [0.1, 0.15) is 24.2 Å². The molecule has 0 aliphatic carbocycles. The van der Waals surface area contributed by atoms with Crippen LogP contribution in [-0.4, -0.2) is 25.7 Å². The normalized spacial score (nSPS) is 12.0. The highest BCUT2D eigenvalue weighted by atomic mass is 16.1. The fourth-order valence-electron chi connectivity index (χ4n) is 2.92. The summed E-state index contributed by atoms with van der Waals surface area (Å²) in [6, 6.07) is 23.4. The van der Waals surface area contributed by atoms with Gasteiger partial charge in [0.25, 0.3) is 0 Å². The molecule has 6 nitrogen and oxygen atoms in total. The molecule has 2 heterocycles. The molecule has 1 atom stereocenters. The zero-order valence-electron chi connectivity index (χ0n) is 14.9. The molecule has 1 amide bonds. The number of hydrogen-bond donors (Lipinski definition) is 1. The third kappa shape index (κ3) is 3.55. The predicted molar refractivity (Wildman–Crippen MR) is 103 cm³/mol. The third-order valence-electron chi connectivity index (χ3n) is 4.51. The minimum atomic E-state index is -0.238. The van der Waals surface area contributed by atoms with Gasteiger partial charge in [0.15, 0.2) is 11.5 Å². The van der Waals surface area contributed by atoms with Crippen molar-refractivity contribution in [3.8, 4) is 11.3 Å². The van der Waals surface area contributed by atoms with Gasteiger partial charge in [0.2, 0.25) is 5.91 Å². The average Bonchev–Trinajstić information content (AvgIpc) is 3.15. The van der Waals surface area contributed by atoms with Crippen molar-refractivity contribution in [1.29, 1.82) is 0 Å². The summed E-state index contributed by atoms with van der Waals surface area (Å²) in [7, 11) is 0. The van der Waals surface area contributed by atoms with E-state index in [9.17, 15) is 4.79 Å². The number of nitrogens with one attached hydrogen (secondary N) is 1. The van der Waals surface area contributed by atoms with E-state index in [1.165, 1.54) is 0 Å². The molecule has 4 aromatic rings. The first kappa shape index (κ1) is 16.9. The van der Waals surface area contributed by atoms with E-state index in [2.05, 4.69) is 20.6 Å². The first-order chi connectivity index (χ1) is 13.2. The van der Waals surface area contributed by atoms with Crippen LogP contribution in [0.2, 0.25) is 0 Å². The second-order valence-electron chi connectivity index (χ2n) is 6.32. The molecule has 0 bridgehead atoms. The van der Waals surface area contributed by atoms with Crippen LogP contribution < -0.4 is 5.32 Å². The van der Waals surface area contributed by atoms with Gasteiger partial charge in [-0.1, -0.05) is 60.7 Å². The quantitative estimate of drug-likeness (QED) is 0.595. The molecular weight excluding hydrogens is 338 g/mol. The number of benzene rings is 2. The molecule has 2 aromatic carbocycles. The largest absolute Gasteiger partial charge is 0.348 e. The van der Waals surface area contributed by atoms with Crippen molar-refractivity contribution in [1.82, 2.24) is 25.1 Å². The number of amides is 1. The van der Waals surface area contributed by atoms with Crippen molar-refractivity contribution in [2.75, 3.05) is 0 Å². The summed E-state index contributed by atoms with van der Waals surface area (Å²) in [5.41, 5.74) is 3.47. The number of rotatable bonds is 5. The Morgan fingerprint density at radius 2 is 1.67 bits per heavy atom. The van der Waals surface area contributed by atoms with E-state index in [4.69, 9.17) is 0 Å². The monoisotopic (exact) mass is 357 g/mol. The lowest BCUT2D eigenvalue weighted by molar-refractivity contribution is -0.122. The third-order valence-corrected chi connectivity index (χ3v) is 4.51. The maximum atomic E-state index is 12.5. The van der Waals surface area contributed by atoms with E-state index in [1.807, 2.05) is 79.7 Å². The van der Waals surface area contributed by atoms with E-state index in [0.29, 0.717) is 11.5 Å². The second-order valence-corrected chi connectivity index (χ2v) is 6.32.